The van der Waals surface area contributed by atoms with E-state index in [9.17, 15) is 0 Å². The number of rotatable bonds is 7. The molecule has 21 heavy (non-hydrogen) atoms. The maximum absolute atomic E-state index is 5.48. The summed E-state index contributed by atoms with van der Waals surface area (Å²) in [7, 11) is 2.14. The molecule has 0 aliphatic rings. The first-order valence-electron chi connectivity index (χ1n) is 7.39. The van der Waals surface area contributed by atoms with Crippen molar-refractivity contribution in [2.45, 2.75) is 33.4 Å². The van der Waals surface area contributed by atoms with Crippen molar-refractivity contribution in [1.29, 1.82) is 0 Å². The molecule has 1 aromatic heterocycles. The minimum Gasteiger partial charge on any atom is -0.494 e. The van der Waals surface area contributed by atoms with E-state index >= 15 is 0 Å². The summed E-state index contributed by atoms with van der Waals surface area (Å²) < 4.78 is 7.55. The summed E-state index contributed by atoms with van der Waals surface area (Å²) >= 11 is 0. The number of ether oxygens (including phenoxy) is 1. The van der Waals surface area contributed by atoms with Gasteiger partial charge in [-0.3, -0.25) is 4.90 Å². The first-order chi connectivity index (χ1) is 10.1. The van der Waals surface area contributed by atoms with Gasteiger partial charge < -0.3 is 9.30 Å². The molecule has 114 valence electrons. The second-order valence-corrected chi connectivity index (χ2v) is 5.23. The van der Waals surface area contributed by atoms with Gasteiger partial charge in [-0.05, 0) is 45.5 Å². The maximum Gasteiger partial charge on any atom is 0.129 e. The first-order valence-corrected chi connectivity index (χ1v) is 7.39. The summed E-state index contributed by atoms with van der Waals surface area (Å²) in [4.78, 5) is 2.33. The fourth-order valence-corrected chi connectivity index (χ4v) is 2.26. The summed E-state index contributed by atoms with van der Waals surface area (Å²) in [5, 5.41) is 7.92. The number of hydrogen-bond acceptors (Lipinski definition) is 4. The lowest BCUT2D eigenvalue weighted by molar-refractivity contribution is 0.250. The zero-order chi connectivity index (χ0) is 15.2. The van der Waals surface area contributed by atoms with E-state index in [4.69, 9.17) is 4.74 Å². The van der Waals surface area contributed by atoms with Crippen LogP contribution >= 0.6 is 0 Å². The first kappa shape index (κ1) is 15.5. The van der Waals surface area contributed by atoms with E-state index in [0.717, 1.165) is 24.7 Å². The van der Waals surface area contributed by atoms with Gasteiger partial charge in [0, 0.05) is 19.1 Å². The summed E-state index contributed by atoms with van der Waals surface area (Å²) in [6, 6.07) is 8.70. The average Bonchev–Trinajstić information content (AvgIpc) is 2.90. The molecule has 1 unspecified atom stereocenters. The van der Waals surface area contributed by atoms with Gasteiger partial charge in [-0.2, -0.15) is 0 Å². The van der Waals surface area contributed by atoms with Crippen LogP contribution in [0.25, 0.3) is 0 Å². The number of aryl methyl sites for hydroxylation is 1. The highest BCUT2D eigenvalue weighted by molar-refractivity contribution is 5.28. The highest BCUT2D eigenvalue weighted by Gasteiger charge is 2.12. The van der Waals surface area contributed by atoms with Crippen LogP contribution in [0.3, 0.4) is 0 Å². The molecule has 5 nitrogen and oxygen atoms in total. The average molecular weight is 288 g/mol. The Morgan fingerprint density at radius 1 is 1.29 bits per heavy atom. The predicted molar refractivity (Wildman–Crippen MR) is 83.4 cm³/mol. The molecule has 0 spiro atoms. The van der Waals surface area contributed by atoms with Crippen LogP contribution in [0.2, 0.25) is 0 Å². The third-order valence-electron chi connectivity index (χ3n) is 3.84. The molecule has 0 amide bonds. The predicted octanol–water partition coefficient (Wildman–Crippen LogP) is 2.68. The standard InChI is InChI=1S/C16H24N4O/c1-5-21-16-8-6-15(7-9-16)13(2)19(4)10-11-20-12-17-18-14(20)3/h6-9,12-13H,5,10-11H2,1-4H3. The molecule has 1 heterocycles. The highest BCUT2D eigenvalue weighted by atomic mass is 16.5. The number of aromatic nitrogens is 3. The van der Waals surface area contributed by atoms with Crippen molar-refractivity contribution in [2.75, 3.05) is 20.2 Å². The van der Waals surface area contributed by atoms with Crippen LogP contribution < -0.4 is 4.74 Å². The third-order valence-corrected chi connectivity index (χ3v) is 3.84. The Morgan fingerprint density at radius 3 is 2.57 bits per heavy atom. The number of nitrogens with zero attached hydrogens (tertiary/aromatic N) is 4. The van der Waals surface area contributed by atoms with Gasteiger partial charge in [0.1, 0.15) is 17.9 Å². The minimum atomic E-state index is 0.359. The minimum absolute atomic E-state index is 0.359. The summed E-state index contributed by atoms with van der Waals surface area (Å²) in [5.74, 6) is 1.88. The van der Waals surface area contributed by atoms with E-state index in [2.05, 4.69) is 45.8 Å². The molecule has 0 bridgehead atoms. The summed E-state index contributed by atoms with van der Waals surface area (Å²) in [6.45, 7) is 8.74. The lowest BCUT2D eigenvalue weighted by atomic mass is 10.1. The van der Waals surface area contributed by atoms with Crippen LogP contribution in [-0.4, -0.2) is 39.9 Å². The summed E-state index contributed by atoms with van der Waals surface area (Å²) in [6.07, 6.45) is 1.78. The Bertz CT molecular complexity index is 550. The van der Waals surface area contributed by atoms with E-state index in [1.54, 1.807) is 6.33 Å². The Kier molecular flexibility index (Phi) is 5.33. The van der Waals surface area contributed by atoms with Gasteiger partial charge in [0.25, 0.3) is 0 Å². The van der Waals surface area contributed by atoms with Crippen LogP contribution in [0.1, 0.15) is 31.3 Å². The van der Waals surface area contributed by atoms with Crippen LogP contribution in [-0.2, 0) is 6.54 Å². The van der Waals surface area contributed by atoms with E-state index in [1.807, 2.05) is 26.0 Å². The van der Waals surface area contributed by atoms with Crippen LogP contribution in [0, 0.1) is 6.92 Å². The van der Waals surface area contributed by atoms with Gasteiger partial charge in [-0.25, -0.2) is 0 Å². The van der Waals surface area contributed by atoms with E-state index in [1.165, 1.54) is 5.56 Å². The normalized spacial score (nSPS) is 12.6. The molecule has 0 N–H and O–H groups in total. The van der Waals surface area contributed by atoms with Crippen molar-refractivity contribution in [3.05, 3.63) is 42.0 Å². The largest absolute Gasteiger partial charge is 0.494 e. The van der Waals surface area contributed by atoms with Gasteiger partial charge in [0.05, 0.1) is 6.61 Å². The molecule has 0 fully saturated rings. The fourth-order valence-electron chi connectivity index (χ4n) is 2.26. The topological polar surface area (TPSA) is 43.2 Å². The Morgan fingerprint density at radius 2 is 2.00 bits per heavy atom. The lowest BCUT2D eigenvalue weighted by Crippen LogP contribution is -2.26. The maximum atomic E-state index is 5.48. The molecule has 0 radical (unpaired) electrons. The Labute approximate surface area is 126 Å². The number of hydrogen-bond donors (Lipinski definition) is 0. The molecule has 0 saturated heterocycles. The zero-order valence-electron chi connectivity index (χ0n) is 13.3. The quantitative estimate of drug-likeness (QED) is 0.785. The molecule has 2 rings (SSSR count). The molecule has 1 atom stereocenters. The Hall–Kier alpha value is -1.88. The summed E-state index contributed by atoms with van der Waals surface area (Å²) in [5.41, 5.74) is 1.29. The van der Waals surface area contributed by atoms with Crippen molar-refractivity contribution in [2.24, 2.45) is 0 Å². The van der Waals surface area contributed by atoms with E-state index < -0.39 is 0 Å². The monoisotopic (exact) mass is 288 g/mol. The molecular weight excluding hydrogens is 264 g/mol. The fraction of sp³-hybridized carbons (Fsp3) is 0.500. The van der Waals surface area contributed by atoms with Gasteiger partial charge in [-0.1, -0.05) is 12.1 Å². The van der Waals surface area contributed by atoms with Gasteiger partial charge in [0.15, 0.2) is 0 Å². The molecule has 0 saturated carbocycles. The van der Waals surface area contributed by atoms with Crippen molar-refractivity contribution in [3.63, 3.8) is 0 Å². The van der Waals surface area contributed by atoms with Crippen molar-refractivity contribution in [3.8, 4) is 5.75 Å². The Balaban J connectivity index is 1.92. The second-order valence-electron chi connectivity index (χ2n) is 5.23. The molecule has 0 aliphatic carbocycles. The molecule has 5 heteroatoms. The van der Waals surface area contributed by atoms with Crippen molar-refractivity contribution >= 4 is 0 Å². The van der Waals surface area contributed by atoms with Crippen LogP contribution in [0.15, 0.2) is 30.6 Å². The molecule has 2 aromatic rings. The second kappa shape index (κ2) is 7.22. The smallest absolute Gasteiger partial charge is 0.129 e. The van der Waals surface area contributed by atoms with Gasteiger partial charge >= 0.3 is 0 Å². The van der Waals surface area contributed by atoms with Crippen LogP contribution in [0.5, 0.6) is 5.75 Å². The van der Waals surface area contributed by atoms with E-state index in [0.29, 0.717) is 12.6 Å². The van der Waals surface area contributed by atoms with E-state index in [-0.39, 0.29) is 0 Å². The number of likely N-dealkylation sites (N-methyl/N-ethyl adjacent to an activating group) is 1. The van der Waals surface area contributed by atoms with Crippen molar-refractivity contribution in [1.82, 2.24) is 19.7 Å². The van der Waals surface area contributed by atoms with Gasteiger partial charge in [0.2, 0.25) is 0 Å². The van der Waals surface area contributed by atoms with Gasteiger partial charge in [-0.15, -0.1) is 10.2 Å². The highest BCUT2D eigenvalue weighted by Crippen LogP contribution is 2.21. The molecular formula is C16H24N4O. The third kappa shape index (κ3) is 4.04. The SMILES string of the molecule is CCOc1ccc(C(C)N(C)CCn2cnnc2C)cc1. The number of benzene rings is 1. The zero-order valence-corrected chi connectivity index (χ0v) is 13.3. The van der Waals surface area contributed by atoms with Crippen LogP contribution in [0.4, 0.5) is 0 Å². The van der Waals surface area contributed by atoms with Crippen molar-refractivity contribution < 1.29 is 4.74 Å². The lowest BCUT2D eigenvalue weighted by Gasteiger charge is -2.25. The molecule has 0 aliphatic heterocycles. The molecule has 1 aromatic carbocycles.